The molecule has 1 unspecified atom stereocenters. The Morgan fingerprint density at radius 3 is 3.21 bits per heavy atom. The third-order valence-corrected chi connectivity index (χ3v) is 2.77. The lowest BCUT2D eigenvalue weighted by Crippen LogP contribution is -2.37. The quantitative estimate of drug-likeness (QED) is 0.727. The van der Waals surface area contributed by atoms with Crippen LogP contribution >= 0.6 is 0 Å². The zero-order chi connectivity index (χ0) is 9.97. The van der Waals surface area contributed by atoms with Gasteiger partial charge in [0.25, 0.3) is 0 Å². The summed E-state index contributed by atoms with van der Waals surface area (Å²) in [6.07, 6.45) is 5.80. The second-order valence-electron chi connectivity index (χ2n) is 3.78. The summed E-state index contributed by atoms with van der Waals surface area (Å²) in [4.78, 5) is 20.5. The predicted molar refractivity (Wildman–Crippen MR) is 52.8 cm³/mol. The van der Waals surface area contributed by atoms with E-state index in [0.29, 0.717) is 5.92 Å². The minimum absolute atomic E-state index is 0.168. The monoisotopic (exact) mass is 193 g/mol. The zero-order valence-corrected chi connectivity index (χ0v) is 8.36. The number of nitrogens with zero attached hydrogens (tertiary/aromatic N) is 2. The van der Waals surface area contributed by atoms with E-state index in [1.807, 2.05) is 11.1 Å². The zero-order valence-electron chi connectivity index (χ0n) is 8.36. The van der Waals surface area contributed by atoms with Gasteiger partial charge in [0.05, 0.1) is 0 Å². The third kappa shape index (κ3) is 1.78. The van der Waals surface area contributed by atoms with Crippen molar-refractivity contribution in [3.63, 3.8) is 0 Å². The molecule has 1 aromatic heterocycles. The average molecular weight is 193 g/mol. The van der Waals surface area contributed by atoms with Crippen LogP contribution in [0.3, 0.4) is 0 Å². The molecular formula is C10H15N3O. The molecule has 76 valence electrons. The van der Waals surface area contributed by atoms with Gasteiger partial charge in [0.15, 0.2) is 0 Å². The predicted octanol–water partition coefficient (Wildman–Crippen LogP) is 1.14. The Hall–Kier alpha value is -1.32. The summed E-state index contributed by atoms with van der Waals surface area (Å²) < 4.78 is 0. The highest BCUT2D eigenvalue weighted by Crippen LogP contribution is 2.23. The molecule has 0 radical (unpaired) electrons. The van der Waals surface area contributed by atoms with Crippen LogP contribution in [0, 0.1) is 0 Å². The van der Waals surface area contributed by atoms with Crippen LogP contribution in [0.25, 0.3) is 0 Å². The summed E-state index contributed by atoms with van der Waals surface area (Å²) in [6, 6.07) is 0. The van der Waals surface area contributed by atoms with Crippen LogP contribution < -0.4 is 0 Å². The van der Waals surface area contributed by atoms with Crippen molar-refractivity contribution in [3.05, 3.63) is 18.2 Å². The lowest BCUT2D eigenvalue weighted by atomic mass is 9.97. The SMILES string of the molecule is CC(=O)N1CCCC(c2ncc[nH]2)C1. The Balaban J connectivity index is 2.04. The summed E-state index contributed by atoms with van der Waals surface area (Å²) in [5.74, 6) is 1.57. The average Bonchev–Trinajstić information content (AvgIpc) is 2.71. The van der Waals surface area contributed by atoms with E-state index in [4.69, 9.17) is 0 Å². The maximum atomic E-state index is 11.2. The number of amides is 1. The smallest absolute Gasteiger partial charge is 0.219 e. The summed E-state index contributed by atoms with van der Waals surface area (Å²) in [5, 5.41) is 0. The number of likely N-dealkylation sites (tertiary alicyclic amines) is 1. The van der Waals surface area contributed by atoms with Crippen LogP contribution in [0.2, 0.25) is 0 Å². The second-order valence-corrected chi connectivity index (χ2v) is 3.78. The van der Waals surface area contributed by atoms with E-state index in [0.717, 1.165) is 31.8 Å². The van der Waals surface area contributed by atoms with Crippen molar-refractivity contribution in [3.8, 4) is 0 Å². The molecule has 0 bridgehead atoms. The van der Waals surface area contributed by atoms with Crippen molar-refractivity contribution in [1.82, 2.24) is 14.9 Å². The van der Waals surface area contributed by atoms with Crippen LogP contribution in [0.1, 0.15) is 31.5 Å². The number of aromatic amines is 1. The Bertz CT molecular complexity index is 307. The number of imidazole rings is 1. The van der Waals surface area contributed by atoms with Crippen LogP contribution in [-0.4, -0.2) is 33.9 Å². The van der Waals surface area contributed by atoms with Gasteiger partial charge in [-0.15, -0.1) is 0 Å². The van der Waals surface area contributed by atoms with E-state index in [9.17, 15) is 4.79 Å². The van der Waals surface area contributed by atoms with Crippen molar-refractivity contribution in [2.45, 2.75) is 25.7 Å². The standard InChI is InChI=1S/C10H15N3O/c1-8(14)13-6-2-3-9(7-13)10-11-4-5-12-10/h4-5,9H,2-3,6-7H2,1H3,(H,11,12). The topological polar surface area (TPSA) is 49.0 Å². The van der Waals surface area contributed by atoms with Gasteiger partial charge in [0.2, 0.25) is 5.91 Å². The van der Waals surface area contributed by atoms with Crippen molar-refractivity contribution >= 4 is 5.91 Å². The molecule has 1 aliphatic heterocycles. The fourth-order valence-electron chi connectivity index (χ4n) is 1.99. The van der Waals surface area contributed by atoms with E-state index in [2.05, 4.69) is 9.97 Å². The summed E-state index contributed by atoms with van der Waals surface area (Å²) in [6.45, 7) is 3.33. The number of hydrogen-bond donors (Lipinski definition) is 1. The third-order valence-electron chi connectivity index (χ3n) is 2.77. The number of piperidine rings is 1. The van der Waals surface area contributed by atoms with Gasteiger partial charge in [-0.25, -0.2) is 4.98 Å². The van der Waals surface area contributed by atoms with Gasteiger partial charge in [-0.2, -0.15) is 0 Å². The molecule has 1 atom stereocenters. The molecule has 4 nitrogen and oxygen atoms in total. The first-order chi connectivity index (χ1) is 6.77. The van der Waals surface area contributed by atoms with Crippen LogP contribution in [0.15, 0.2) is 12.4 Å². The molecule has 1 aliphatic rings. The highest BCUT2D eigenvalue weighted by molar-refractivity contribution is 5.73. The van der Waals surface area contributed by atoms with Crippen molar-refractivity contribution < 1.29 is 4.79 Å². The molecule has 14 heavy (non-hydrogen) atoms. The summed E-state index contributed by atoms with van der Waals surface area (Å²) >= 11 is 0. The minimum Gasteiger partial charge on any atom is -0.348 e. The molecule has 0 spiro atoms. The van der Waals surface area contributed by atoms with Gasteiger partial charge < -0.3 is 9.88 Å². The van der Waals surface area contributed by atoms with Gasteiger partial charge in [-0.1, -0.05) is 0 Å². The Morgan fingerprint density at radius 1 is 1.71 bits per heavy atom. The van der Waals surface area contributed by atoms with Crippen LogP contribution in [0.4, 0.5) is 0 Å². The molecular weight excluding hydrogens is 178 g/mol. The van der Waals surface area contributed by atoms with Crippen molar-refractivity contribution in [2.75, 3.05) is 13.1 Å². The van der Waals surface area contributed by atoms with Gasteiger partial charge in [-0.3, -0.25) is 4.79 Å². The Kier molecular flexibility index (Phi) is 2.52. The van der Waals surface area contributed by atoms with E-state index >= 15 is 0 Å². The number of carbonyl (C=O) groups is 1. The molecule has 0 aliphatic carbocycles. The lowest BCUT2D eigenvalue weighted by molar-refractivity contribution is -0.130. The van der Waals surface area contributed by atoms with Gasteiger partial charge in [0.1, 0.15) is 5.82 Å². The van der Waals surface area contributed by atoms with Crippen LogP contribution in [0.5, 0.6) is 0 Å². The Labute approximate surface area is 83.3 Å². The molecule has 4 heteroatoms. The summed E-state index contributed by atoms with van der Waals surface area (Å²) in [7, 11) is 0. The molecule has 2 heterocycles. The first kappa shape index (κ1) is 9.24. The highest BCUT2D eigenvalue weighted by Gasteiger charge is 2.23. The molecule has 1 fully saturated rings. The first-order valence-electron chi connectivity index (χ1n) is 5.02. The first-order valence-corrected chi connectivity index (χ1v) is 5.02. The molecule has 1 aromatic rings. The van der Waals surface area contributed by atoms with E-state index in [-0.39, 0.29) is 5.91 Å². The molecule has 1 saturated heterocycles. The molecule has 1 N–H and O–H groups in total. The maximum absolute atomic E-state index is 11.2. The molecule has 0 aromatic carbocycles. The van der Waals surface area contributed by atoms with Gasteiger partial charge in [-0.05, 0) is 12.8 Å². The lowest BCUT2D eigenvalue weighted by Gasteiger charge is -2.30. The van der Waals surface area contributed by atoms with Gasteiger partial charge in [0, 0.05) is 38.3 Å². The fourth-order valence-corrected chi connectivity index (χ4v) is 1.99. The minimum atomic E-state index is 0.168. The number of nitrogens with one attached hydrogen (secondary N) is 1. The van der Waals surface area contributed by atoms with Gasteiger partial charge >= 0.3 is 0 Å². The summed E-state index contributed by atoms with van der Waals surface area (Å²) in [5.41, 5.74) is 0. The van der Waals surface area contributed by atoms with E-state index in [1.54, 1.807) is 13.1 Å². The number of hydrogen-bond acceptors (Lipinski definition) is 2. The number of H-pyrrole nitrogens is 1. The molecule has 2 rings (SSSR count). The van der Waals surface area contributed by atoms with Crippen LogP contribution in [-0.2, 0) is 4.79 Å². The number of carbonyl (C=O) groups excluding carboxylic acids is 1. The Morgan fingerprint density at radius 2 is 2.57 bits per heavy atom. The van der Waals surface area contributed by atoms with E-state index < -0.39 is 0 Å². The second kappa shape index (κ2) is 3.82. The largest absolute Gasteiger partial charge is 0.348 e. The fraction of sp³-hybridized carbons (Fsp3) is 0.600. The van der Waals surface area contributed by atoms with E-state index in [1.165, 1.54) is 0 Å². The maximum Gasteiger partial charge on any atom is 0.219 e. The van der Waals surface area contributed by atoms with Crippen molar-refractivity contribution in [2.24, 2.45) is 0 Å². The normalized spacial score (nSPS) is 22.4. The molecule has 0 saturated carbocycles. The molecule has 1 amide bonds. The number of rotatable bonds is 1. The highest BCUT2D eigenvalue weighted by atomic mass is 16.2. The number of aromatic nitrogens is 2. The van der Waals surface area contributed by atoms with Crippen molar-refractivity contribution in [1.29, 1.82) is 0 Å².